The van der Waals surface area contributed by atoms with Gasteiger partial charge in [0.05, 0.1) is 30.7 Å². The molecule has 12 nitrogen and oxygen atoms in total. The Hall–Kier alpha value is -2.22. The van der Waals surface area contributed by atoms with Crippen LogP contribution in [0.5, 0.6) is 0 Å². The number of hydrogen-bond donors (Lipinski definition) is 7. The molecular formula is C21H39N5O7S. The van der Waals surface area contributed by atoms with E-state index in [-0.39, 0.29) is 11.7 Å². The van der Waals surface area contributed by atoms with Crippen molar-refractivity contribution >= 4 is 41.2 Å². The van der Waals surface area contributed by atoms with Crippen LogP contribution in [0.15, 0.2) is 0 Å². The molecule has 196 valence electrons. The van der Waals surface area contributed by atoms with Crippen LogP contribution in [0.2, 0.25) is 0 Å². The number of carbonyl (C=O) groups is 5. The highest BCUT2D eigenvalue weighted by Crippen LogP contribution is 2.12. The molecule has 3 amide bonds. The number of nitrogens with one attached hydrogen (secondary N) is 4. The molecule has 13 heteroatoms. The van der Waals surface area contributed by atoms with Crippen molar-refractivity contribution in [3.8, 4) is 0 Å². The van der Waals surface area contributed by atoms with Gasteiger partial charge in [-0.15, -0.1) is 0 Å². The van der Waals surface area contributed by atoms with E-state index in [1.54, 1.807) is 20.9 Å². The van der Waals surface area contributed by atoms with Crippen LogP contribution < -0.4 is 27.0 Å². The maximum Gasteiger partial charge on any atom is 0.305 e. The highest BCUT2D eigenvalue weighted by Gasteiger charge is 2.28. The Bertz CT molecular complexity index is 705. The number of hydrogen-bond acceptors (Lipinski definition) is 9. The molecular weight excluding hydrogens is 466 g/mol. The molecule has 34 heavy (non-hydrogen) atoms. The second-order valence-corrected chi connectivity index (χ2v) is 9.44. The van der Waals surface area contributed by atoms with E-state index in [2.05, 4.69) is 21.3 Å². The number of aliphatic hydroxyl groups excluding tert-OH is 1. The third-order valence-electron chi connectivity index (χ3n) is 5.13. The molecule has 0 radical (unpaired) electrons. The fourth-order valence-corrected chi connectivity index (χ4v) is 4.06. The third kappa shape index (κ3) is 11.8. The number of aliphatic hydroxyl groups is 1. The van der Waals surface area contributed by atoms with Gasteiger partial charge in [0.2, 0.25) is 17.7 Å². The lowest BCUT2D eigenvalue weighted by atomic mass is 9.99. The van der Waals surface area contributed by atoms with Crippen molar-refractivity contribution < 1.29 is 34.2 Å². The Morgan fingerprint density at radius 2 is 1.35 bits per heavy atom. The summed E-state index contributed by atoms with van der Waals surface area (Å²) in [7, 11) is 3.07. The summed E-state index contributed by atoms with van der Waals surface area (Å²) < 4.78 is 0. The zero-order valence-corrected chi connectivity index (χ0v) is 21.2. The normalized spacial score (nSPS) is 15.6. The van der Waals surface area contributed by atoms with E-state index < -0.39 is 60.4 Å². The third-order valence-corrected chi connectivity index (χ3v) is 6.17. The van der Waals surface area contributed by atoms with E-state index in [0.717, 1.165) is 0 Å². The zero-order chi connectivity index (χ0) is 26.4. The Balaban J connectivity index is 4.81. The molecule has 0 aromatic heterocycles. The topological polar surface area (TPSA) is 200 Å². The molecule has 0 saturated carbocycles. The summed E-state index contributed by atoms with van der Waals surface area (Å²) in [5.41, 5.74) is 5.20. The first-order chi connectivity index (χ1) is 15.8. The van der Waals surface area contributed by atoms with Crippen LogP contribution in [0.3, 0.4) is 0 Å². The number of carbonyl (C=O) groups excluding carboxylic acids is 4. The van der Waals surface area contributed by atoms with E-state index in [1.807, 2.05) is 0 Å². The maximum atomic E-state index is 12.6. The minimum atomic E-state index is -1.19. The lowest BCUT2D eigenvalue weighted by Gasteiger charge is -2.23. The van der Waals surface area contributed by atoms with Crippen molar-refractivity contribution in [3.63, 3.8) is 0 Å². The summed E-state index contributed by atoms with van der Waals surface area (Å²) in [6.07, 6.45) is -0.775. The van der Waals surface area contributed by atoms with Crippen LogP contribution in [0.4, 0.5) is 0 Å². The summed E-state index contributed by atoms with van der Waals surface area (Å²) in [4.78, 5) is 59.7. The van der Waals surface area contributed by atoms with Gasteiger partial charge in [-0.3, -0.25) is 24.0 Å². The van der Waals surface area contributed by atoms with Gasteiger partial charge in [-0.05, 0) is 45.4 Å². The minimum absolute atomic E-state index is 0.151. The highest BCUT2D eigenvalue weighted by molar-refractivity contribution is 7.99. The van der Waals surface area contributed by atoms with Crippen LogP contribution in [0, 0.1) is 5.92 Å². The number of rotatable bonds is 18. The van der Waals surface area contributed by atoms with Crippen molar-refractivity contribution in [2.24, 2.45) is 11.7 Å². The smallest absolute Gasteiger partial charge is 0.305 e. The molecule has 0 aromatic carbocycles. The average molecular weight is 506 g/mol. The number of Topliss-reactive ketones (excluding diaryl/α,β-unsaturated/α-hetero) is 1. The number of thioether (sulfide) groups is 1. The van der Waals surface area contributed by atoms with Crippen molar-refractivity contribution in [3.05, 3.63) is 0 Å². The van der Waals surface area contributed by atoms with Crippen LogP contribution in [-0.4, -0.2) is 95.6 Å². The number of likely N-dealkylation sites (N-methyl/N-ethyl adjacent to an activating group) is 2. The first-order valence-corrected chi connectivity index (χ1v) is 12.3. The molecule has 0 unspecified atom stereocenters. The number of amides is 3. The molecule has 0 spiro atoms. The van der Waals surface area contributed by atoms with Gasteiger partial charge in [0, 0.05) is 5.92 Å². The monoisotopic (exact) mass is 505 g/mol. The lowest BCUT2D eigenvalue weighted by molar-refractivity contribution is -0.140. The number of primary amides is 1. The number of ketones is 1. The molecule has 0 aliphatic heterocycles. The van der Waals surface area contributed by atoms with Crippen LogP contribution in [0.1, 0.15) is 40.0 Å². The fraction of sp³-hybridized carbons (Fsp3) is 0.762. The van der Waals surface area contributed by atoms with Gasteiger partial charge in [0.1, 0.15) is 6.04 Å². The number of nitrogens with two attached hydrogens (primary N) is 1. The Labute approximate surface area is 204 Å². The molecule has 0 aliphatic carbocycles. The standard InChI is InChI=1S/C21H39N5O7S/c1-11(2)18(30)13(25-21(33)15(24-5)10-16(28)29)6-8-34-9-7-14(23-4)20(32)26-17(12(3)27)19(22)31/h11-15,17,23-24,27H,6-10H2,1-5H3,(H2,22,31)(H,25,33)(H,26,32)(H,28,29)/t12-,13-,14+,15+,17+/m1/s1. The van der Waals surface area contributed by atoms with E-state index in [1.165, 1.54) is 25.7 Å². The van der Waals surface area contributed by atoms with Crippen molar-refractivity contribution in [2.75, 3.05) is 25.6 Å². The first-order valence-electron chi connectivity index (χ1n) is 11.1. The highest BCUT2D eigenvalue weighted by atomic mass is 32.2. The SMILES string of the molecule is CN[C@@H](CCSCC[C@@H](NC(=O)[C@H](CC(=O)O)NC)C(=O)C(C)C)C(=O)N[C@H](C(N)=O)[C@@H](C)O. The maximum absolute atomic E-state index is 12.6. The second-order valence-electron chi connectivity index (χ2n) is 8.22. The predicted octanol–water partition coefficient (Wildman–Crippen LogP) is -1.79. The predicted molar refractivity (Wildman–Crippen MR) is 129 cm³/mol. The van der Waals surface area contributed by atoms with Crippen LogP contribution in [0.25, 0.3) is 0 Å². The number of carboxylic acid groups (broad SMARTS) is 1. The first kappa shape index (κ1) is 31.8. The Kier molecular flexibility index (Phi) is 15.3. The summed E-state index contributed by atoms with van der Waals surface area (Å²) in [5.74, 6) is -2.39. The lowest BCUT2D eigenvalue weighted by Crippen LogP contribution is -2.55. The van der Waals surface area contributed by atoms with E-state index in [9.17, 15) is 29.1 Å². The quantitative estimate of drug-likeness (QED) is 0.104. The van der Waals surface area contributed by atoms with Crippen molar-refractivity contribution in [2.45, 2.75) is 70.3 Å². The summed E-state index contributed by atoms with van der Waals surface area (Å²) in [6.45, 7) is 4.81. The molecule has 0 aliphatic rings. The molecule has 0 aromatic rings. The Morgan fingerprint density at radius 3 is 1.76 bits per heavy atom. The summed E-state index contributed by atoms with van der Waals surface area (Å²) in [5, 5.41) is 29.1. The number of aliphatic carboxylic acids is 1. The van der Waals surface area contributed by atoms with Gasteiger partial charge in [-0.25, -0.2) is 0 Å². The Morgan fingerprint density at radius 1 is 0.853 bits per heavy atom. The fourth-order valence-electron chi connectivity index (χ4n) is 3.05. The van der Waals surface area contributed by atoms with Gasteiger partial charge < -0.3 is 37.2 Å². The van der Waals surface area contributed by atoms with Gasteiger partial charge >= 0.3 is 5.97 Å². The second kappa shape index (κ2) is 16.4. The summed E-state index contributed by atoms with van der Waals surface area (Å²) in [6, 6.07) is -3.51. The largest absolute Gasteiger partial charge is 0.481 e. The zero-order valence-electron chi connectivity index (χ0n) is 20.4. The molecule has 8 N–H and O–H groups in total. The van der Waals surface area contributed by atoms with E-state index in [0.29, 0.717) is 24.3 Å². The average Bonchev–Trinajstić information content (AvgIpc) is 2.75. The van der Waals surface area contributed by atoms with Crippen LogP contribution in [-0.2, 0) is 24.0 Å². The van der Waals surface area contributed by atoms with Crippen LogP contribution >= 0.6 is 11.8 Å². The van der Waals surface area contributed by atoms with Crippen molar-refractivity contribution in [1.82, 2.24) is 21.3 Å². The van der Waals surface area contributed by atoms with Gasteiger partial charge in [-0.2, -0.15) is 11.8 Å². The molecule has 0 saturated heterocycles. The van der Waals surface area contributed by atoms with Gasteiger partial charge in [0.25, 0.3) is 0 Å². The number of carboxylic acids is 1. The van der Waals surface area contributed by atoms with E-state index >= 15 is 0 Å². The van der Waals surface area contributed by atoms with Gasteiger partial charge in [-0.1, -0.05) is 13.8 Å². The molecule has 0 rings (SSSR count). The van der Waals surface area contributed by atoms with Gasteiger partial charge in [0.15, 0.2) is 5.78 Å². The molecule has 0 heterocycles. The minimum Gasteiger partial charge on any atom is -0.481 e. The summed E-state index contributed by atoms with van der Waals surface area (Å²) >= 11 is 1.48. The molecule has 5 atom stereocenters. The molecule has 0 fully saturated rings. The molecule has 0 bridgehead atoms. The van der Waals surface area contributed by atoms with Crippen molar-refractivity contribution in [1.29, 1.82) is 0 Å². The van der Waals surface area contributed by atoms with E-state index in [4.69, 9.17) is 10.8 Å².